The minimum Gasteiger partial charge on any atom is -0.470 e. The van der Waals surface area contributed by atoms with E-state index in [4.69, 9.17) is 0 Å². The van der Waals surface area contributed by atoms with Crippen LogP contribution in [0.4, 0.5) is 0 Å². The Kier molecular flexibility index (Phi) is 7.41. The Hall–Kier alpha value is 1.77. The van der Waals surface area contributed by atoms with Gasteiger partial charge in [0.2, 0.25) is 0 Å². The Morgan fingerprint density at radius 2 is 2.30 bits per heavy atom. The first-order valence-electron chi connectivity index (χ1n) is 3.89. The van der Waals surface area contributed by atoms with E-state index in [0.717, 1.165) is 11.8 Å². The molecule has 0 aromatic carbocycles. The van der Waals surface area contributed by atoms with Crippen molar-refractivity contribution in [1.82, 2.24) is 5.32 Å². The maximum Gasteiger partial charge on any atom is 1.00 e. The molecule has 0 amide bonds. The van der Waals surface area contributed by atoms with Gasteiger partial charge in [-0.05, 0) is 12.5 Å². The summed E-state index contributed by atoms with van der Waals surface area (Å²) in [5, 5.41) is 3.29. The third-order valence-electron chi connectivity index (χ3n) is 2.34. The van der Waals surface area contributed by atoms with Crippen LogP contribution in [0.25, 0.3) is 0 Å². The summed E-state index contributed by atoms with van der Waals surface area (Å²) in [5.74, 6) is 1.81. The minimum atomic E-state index is 0. The summed E-state index contributed by atoms with van der Waals surface area (Å²) in [4.78, 5) is 0. The SMILES string of the molecule is CCC1CN[CH-]CC1C.[Rb+]. The molecule has 1 fully saturated rings. The Morgan fingerprint density at radius 3 is 2.70 bits per heavy atom. The predicted octanol–water partition coefficient (Wildman–Crippen LogP) is -1.19. The van der Waals surface area contributed by atoms with Crippen molar-refractivity contribution in [2.45, 2.75) is 26.7 Å². The second-order valence-electron chi connectivity index (χ2n) is 2.99. The summed E-state index contributed by atoms with van der Waals surface area (Å²) in [6, 6.07) is 0. The van der Waals surface area contributed by atoms with E-state index >= 15 is 0 Å². The van der Waals surface area contributed by atoms with Crippen LogP contribution in [0.5, 0.6) is 0 Å². The molecule has 54 valence electrons. The molecule has 0 radical (unpaired) electrons. The van der Waals surface area contributed by atoms with E-state index in [1.807, 2.05) is 0 Å². The van der Waals surface area contributed by atoms with Crippen LogP contribution in [0.3, 0.4) is 0 Å². The Bertz CT molecular complexity index is 85.3. The molecule has 1 rings (SSSR count). The van der Waals surface area contributed by atoms with Crippen LogP contribution in [-0.4, -0.2) is 6.54 Å². The fourth-order valence-corrected chi connectivity index (χ4v) is 1.44. The topological polar surface area (TPSA) is 12.0 Å². The van der Waals surface area contributed by atoms with Crippen LogP contribution in [0.15, 0.2) is 0 Å². The molecule has 1 aliphatic heterocycles. The third kappa shape index (κ3) is 3.44. The second-order valence-corrected chi connectivity index (χ2v) is 2.99. The molecular formula is C8H16NRb. The van der Waals surface area contributed by atoms with Gasteiger partial charge in [0.1, 0.15) is 0 Å². The minimum absolute atomic E-state index is 0. The summed E-state index contributed by atoms with van der Waals surface area (Å²) in [7, 11) is 0. The number of piperidine rings is 1. The van der Waals surface area contributed by atoms with Crippen LogP contribution in [-0.2, 0) is 0 Å². The number of rotatable bonds is 1. The molecule has 1 saturated heterocycles. The molecule has 0 aromatic heterocycles. The van der Waals surface area contributed by atoms with Gasteiger partial charge >= 0.3 is 58.2 Å². The predicted molar refractivity (Wildman–Crippen MR) is 39.9 cm³/mol. The van der Waals surface area contributed by atoms with Crippen molar-refractivity contribution in [2.24, 2.45) is 11.8 Å². The average molecular weight is 212 g/mol. The summed E-state index contributed by atoms with van der Waals surface area (Å²) in [6.45, 7) is 7.99. The molecule has 0 saturated carbocycles. The summed E-state index contributed by atoms with van der Waals surface area (Å²) in [6.07, 6.45) is 2.57. The Balaban J connectivity index is 0.000000810. The molecule has 10 heavy (non-hydrogen) atoms. The van der Waals surface area contributed by atoms with E-state index in [1.54, 1.807) is 0 Å². The van der Waals surface area contributed by atoms with Crippen molar-refractivity contribution in [3.8, 4) is 0 Å². The number of nitrogens with one attached hydrogen (secondary N) is 1. The van der Waals surface area contributed by atoms with E-state index in [2.05, 4.69) is 25.7 Å². The van der Waals surface area contributed by atoms with Crippen molar-refractivity contribution in [2.75, 3.05) is 6.54 Å². The van der Waals surface area contributed by atoms with E-state index < -0.39 is 0 Å². The standard InChI is InChI=1S/C8H16N.Rb/c1-3-8-6-9-5-4-7(8)2;/h5,7-9H,3-4,6H2,1-2H3;/q-1;+1. The average Bonchev–Trinajstić information content (AvgIpc) is 1.89. The normalized spacial score (nSPS) is 33.0. The van der Waals surface area contributed by atoms with Crippen LogP contribution in [0.1, 0.15) is 26.7 Å². The Morgan fingerprint density at radius 1 is 1.60 bits per heavy atom. The van der Waals surface area contributed by atoms with Gasteiger partial charge in [-0.2, -0.15) is 6.42 Å². The summed E-state index contributed by atoms with van der Waals surface area (Å²) in [5.41, 5.74) is 0. The molecule has 2 unspecified atom stereocenters. The fourth-order valence-electron chi connectivity index (χ4n) is 1.44. The van der Waals surface area contributed by atoms with Crippen molar-refractivity contribution in [3.63, 3.8) is 0 Å². The molecule has 1 nitrogen and oxygen atoms in total. The summed E-state index contributed by atoms with van der Waals surface area (Å²) < 4.78 is 0. The second kappa shape index (κ2) is 6.30. The first kappa shape index (κ1) is 11.8. The number of hydrogen-bond donors (Lipinski definition) is 1. The largest absolute Gasteiger partial charge is 1.00 e. The zero-order valence-electron chi connectivity index (χ0n) is 7.35. The van der Waals surface area contributed by atoms with Crippen LogP contribution < -0.4 is 63.5 Å². The Labute approximate surface area is 113 Å². The first-order chi connectivity index (χ1) is 4.34. The number of hydrogen-bond acceptors (Lipinski definition) is 1. The molecule has 0 spiro atoms. The van der Waals surface area contributed by atoms with E-state index in [0.29, 0.717) is 0 Å². The maximum absolute atomic E-state index is 3.29. The van der Waals surface area contributed by atoms with Crippen LogP contribution >= 0.6 is 0 Å². The van der Waals surface area contributed by atoms with Gasteiger partial charge in [0.15, 0.2) is 0 Å². The van der Waals surface area contributed by atoms with Gasteiger partial charge in [-0.25, -0.2) is 0 Å². The third-order valence-corrected chi connectivity index (χ3v) is 2.34. The first-order valence-corrected chi connectivity index (χ1v) is 3.89. The molecule has 0 aromatic rings. The van der Waals surface area contributed by atoms with Crippen molar-refractivity contribution >= 4 is 0 Å². The zero-order chi connectivity index (χ0) is 6.69. The molecule has 0 aliphatic carbocycles. The maximum atomic E-state index is 3.29. The molecule has 1 aliphatic rings. The van der Waals surface area contributed by atoms with Crippen molar-refractivity contribution < 1.29 is 58.2 Å². The van der Waals surface area contributed by atoms with Crippen molar-refractivity contribution in [3.05, 3.63) is 6.54 Å². The van der Waals surface area contributed by atoms with Gasteiger partial charge in [-0.1, -0.05) is 26.2 Å². The monoisotopic (exact) mass is 211 g/mol. The van der Waals surface area contributed by atoms with Crippen LogP contribution in [0, 0.1) is 18.4 Å². The molecule has 1 N–H and O–H groups in total. The quantitative estimate of drug-likeness (QED) is 0.538. The molecule has 2 heteroatoms. The van der Waals surface area contributed by atoms with Crippen molar-refractivity contribution in [1.29, 1.82) is 0 Å². The zero-order valence-corrected chi connectivity index (χ0v) is 12.3. The van der Waals surface area contributed by atoms with E-state index in [9.17, 15) is 0 Å². The fraction of sp³-hybridized carbons (Fsp3) is 0.875. The summed E-state index contributed by atoms with van der Waals surface area (Å²) >= 11 is 0. The van der Waals surface area contributed by atoms with Crippen LogP contribution in [0.2, 0.25) is 0 Å². The van der Waals surface area contributed by atoms with E-state index in [-0.39, 0.29) is 58.2 Å². The van der Waals surface area contributed by atoms with Gasteiger partial charge in [0.05, 0.1) is 0 Å². The van der Waals surface area contributed by atoms with E-state index in [1.165, 1.54) is 19.4 Å². The van der Waals surface area contributed by atoms with Gasteiger partial charge in [-0.15, -0.1) is 0 Å². The molecule has 0 bridgehead atoms. The molecule has 1 heterocycles. The molecular weight excluding hydrogens is 196 g/mol. The van der Waals surface area contributed by atoms with Gasteiger partial charge < -0.3 is 5.32 Å². The van der Waals surface area contributed by atoms with Gasteiger partial charge in [0, 0.05) is 0 Å². The van der Waals surface area contributed by atoms with Gasteiger partial charge in [-0.3, -0.25) is 6.54 Å². The van der Waals surface area contributed by atoms with Gasteiger partial charge in [0.25, 0.3) is 0 Å². The molecule has 2 atom stereocenters. The smallest absolute Gasteiger partial charge is 0.470 e.